The van der Waals surface area contributed by atoms with Gasteiger partial charge in [-0.05, 0) is 64.2 Å². The van der Waals surface area contributed by atoms with E-state index < -0.39 is 32.5 Å². The summed E-state index contributed by atoms with van der Waals surface area (Å²) in [6.45, 7) is 3.61. The summed E-state index contributed by atoms with van der Waals surface area (Å²) in [6, 6.07) is 0. The molecule has 0 spiro atoms. The highest BCUT2D eigenvalue weighted by atomic mass is 31.2. The van der Waals surface area contributed by atoms with Crippen LogP contribution in [0.25, 0.3) is 0 Å². The van der Waals surface area contributed by atoms with Crippen LogP contribution in [0, 0.1) is 0 Å². The van der Waals surface area contributed by atoms with Gasteiger partial charge >= 0.3 is 19.8 Å². The fourth-order valence-corrected chi connectivity index (χ4v) is 5.39. The molecule has 0 radical (unpaired) electrons. The van der Waals surface area contributed by atoms with Gasteiger partial charge in [-0.1, -0.05) is 134 Å². The number of ether oxygens (including phenoxy) is 2. The number of hydrogen-bond donors (Lipinski definition) is 2. The maximum atomic E-state index is 12.3. The van der Waals surface area contributed by atoms with Crippen LogP contribution in [0.5, 0.6) is 0 Å². The quantitative estimate of drug-likeness (QED) is 0.0297. The topological polar surface area (TPSA) is 119 Å². The van der Waals surface area contributed by atoms with E-state index in [1.54, 1.807) is 0 Å². The van der Waals surface area contributed by atoms with E-state index in [2.05, 4.69) is 54.8 Å². The van der Waals surface area contributed by atoms with Crippen LogP contribution in [0.3, 0.4) is 0 Å². The molecular formula is C38H69O8P. The molecule has 2 N–H and O–H groups in total. The molecule has 8 nitrogen and oxygen atoms in total. The molecule has 0 aromatic rings. The van der Waals surface area contributed by atoms with Crippen LogP contribution >= 0.6 is 7.82 Å². The van der Waals surface area contributed by atoms with E-state index in [4.69, 9.17) is 19.3 Å². The average Bonchev–Trinajstić information content (AvgIpc) is 3.03. The largest absolute Gasteiger partial charge is 0.469 e. The molecule has 0 aromatic heterocycles. The van der Waals surface area contributed by atoms with Gasteiger partial charge in [0.05, 0.1) is 6.61 Å². The van der Waals surface area contributed by atoms with Crippen molar-refractivity contribution in [3.05, 3.63) is 36.5 Å². The third kappa shape index (κ3) is 36.9. The maximum absolute atomic E-state index is 12.3. The number of carbonyl (C=O) groups is 2. The Morgan fingerprint density at radius 2 is 0.979 bits per heavy atom. The van der Waals surface area contributed by atoms with Crippen molar-refractivity contribution in [1.82, 2.24) is 0 Å². The predicted molar refractivity (Wildman–Crippen MR) is 193 cm³/mol. The summed E-state index contributed by atoms with van der Waals surface area (Å²) in [4.78, 5) is 42.7. The number of rotatable bonds is 34. The van der Waals surface area contributed by atoms with E-state index in [0.29, 0.717) is 12.8 Å². The molecule has 9 heteroatoms. The van der Waals surface area contributed by atoms with E-state index in [9.17, 15) is 14.2 Å². The minimum atomic E-state index is -4.75. The molecule has 0 aliphatic carbocycles. The lowest BCUT2D eigenvalue weighted by Gasteiger charge is -2.18. The van der Waals surface area contributed by atoms with Gasteiger partial charge in [0.2, 0.25) is 0 Å². The molecule has 0 unspecified atom stereocenters. The second-order valence-electron chi connectivity index (χ2n) is 12.5. The summed E-state index contributed by atoms with van der Waals surface area (Å²) in [7, 11) is -4.75. The van der Waals surface area contributed by atoms with Crippen molar-refractivity contribution in [2.75, 3.05) is 13.2 Å². The SMILES string of the molecule is CCCC/C=C\C/C=C\CCCCCCCC(=O)O[C@H](COC(=O)CCCCCCC/C=C\CCCCCCCC)COP(=O)(O)O. The minimum absolute atomic E-state index is 0.194. The summed E-state index contributed by atoms with van der Waals surface area (Å²) in [5, 5.41) is 0. The molecule has 47 heavy (non-hydrogen) atoms. The standard InChI is InChI=1S/C38H69O8P/c1-3-5-7-9-11-13-15-17-19-21-22-24-26-28-30-32-37(39)44-34-36(35-45-47(41,42)43)46-38(40)33-31-29-27-25-23-20-18-16-14-12-10-8-6-4-2/h10,12,16-19,36H,3-9,11,13-15,20-35H2,1-2H3,(H2,41,42,43)/b12-10-,18-16-,19-17-/t36-/m1/s1. The Kier molecular flexibility index (Phi) is 32.9. The molecule has 0 amide bonds. The second kappa shape index (κ2) is 34.1. The first-order valence-corrected chi connectivity index (χ1v) is 20.3. The van der Waals surface area contributed by atoms with Crippen molar-refractivity contribution < 1.29 is 37.9 Å². The highest BCUT2D eigenvalue weighted by Gasteiger charge is 2.22. The fourth-order valence-electron chi connectivity index (χ4n) is 5.03. The zero-order valence-corrected chi connectivity index (χ0v) is 30.8. The molecule has 0 saturated carbocycles. The Labute approximate surface area is 287 Å². The van der Waals surface area contributed by atoms with Gasteiger partial charge < -0.3 is 19.3 Å². The Morgan fingerprint density at radius 3 is 1.49 bits per heavy atom. The van der Waals surface area contributed by atoms with Gasteiger partial charge in [0.15, 0.2) is 6.10 Å². The van der Waals surface area contributed by atoms with Crippen molar-refractivity contribution in [1.29, 1.82) is 0 Å². The first-order valence-electron chi connectivity index (χ1n) is 18.8. The van der Waals surface area contributed by atoms with Gasteiger partial charge in [-0.2, -0.15) is 0 Å². The first-order chi connectivity index (χ1) is 22.8. The summed E-state index contributed by atoms with van der Waals surface area (Å²) in [6.07, 6.45) is 38.6. The van der Waals surface area contributed by atoms with Gasteiger partial charge in [-0.15, -0.1) is 0 Å². The smallest absolute Gasteiger partial charge is 0.462 e. The Morgan fingerprint density at radius 1 is 0.553 bits per heavy atom. The maximum Gasteiger partial charge on any atom is 0.469 e. The number of hydrogen-bond acceptors (Lipinski definition) is 6. The number of unbranched alkanes of at least 4 members (excludes halogenated alkanes) is 18. The highest BCUT2D eigenvalue weighted by Crippen LogP contribution is 2.36. The van der Waals surface area contributed by atoms with Crippen LogP contribution in [0.15, 0.2) is 36.5 Å². The zero-order chi connectivity index (χ0) is 34.7. The number of carbonyl (C=O) groups excluding carboxylic acids is 2. The predicted octanol–water partition coefficient (Wildman–Crippen LogP) is 11.0. The van der Waals surface area contributed by atoms with Crippen LogP contribution in [0.1, 0.15) is 174 Å². The van der Waals surface area contributed by atoms with E-state index in [1.165, 1.54) is 57.8 Å². The molecular weight excluding hydrogens is 615 g/mol. The summed E-state index contributed by atoms with van der Waals surface area (Å²) in [5.74, 6) is -0.911. The van der Waals surface area contributed by atoms with Gasteiger partial charge in [-0.25, -0.2) is 4.57 Å². The van der Waals surface area contributed by atoms with Crippen molar-refractivity contribution >= 4 is 19.8 Å². The van der Waals surface area contributed by atoms with Gasteiger partial charge in [0.25, 0.3) is 0 Å². The van der Waals surface area contributed by atoms with Crippen molar-refractivity contribution in [2.24, 2.45) is 0 Å². The Bertz CT molecular complexity index is 864. The monoisotopic (exact) mass is 684 g/mol. The lowest BCUT2D eigenvalue weighted by Crippen LogP contribution is -2.29. The third-order valence-electron chi connectivity index (χ3n) is 7.88. The summed E-state index contributed by atoms with van der Waals surface area (Å²) >= 11 is 0. The minimum Gasteiger partial charge on any atom is -0.462 e. The molecule has 1 atom stereocenters. The second-order valence-corrected chi connectivity index (χ2v) is 13.8. The number of phosphoric acid groups is 1. The molecule has 0 heterocycles. The number of allylic oxidation sites excluding steroid dienone is 6. The number of phosphoric ester groups is 1. The van der Waals surface area contributed by atoms with E-state index in [0.717, 1.165) is 77.0 Å². The molecule has 274 valence electrons. The van der Waals surface area contributed by atoms with Crippen LogP contribution in [-0.2, 0) is 28.2 Å². The van der Waals surface area contributed by atoms with Gasteiger partial charge in [-0.3, -0.25) is 14.1 Å². The van der Waals surface area contributed by atoms with Crippen LogP contribution in [-0.4, -0.2) is 41.0 Å². The molecule has 0 fully saturated rings. The summed E-state index contributed by atoms with van der Waals surface area (Å²) in [5.41, 5.74) is 0. The lowest BCUT2D eigenvalue weighted by atomic mass is 10.1. The average molecular weight is 685 g/mol. The highest BCUT2D eigenvalue weighted by molar-refractivity contribution is 7.46. The van der Waals surface area contributed by atoms with Crippen molar-refractivity contribution in [3.63, 3.8) is 0 Å². The van der Waals surface area contributed by atoms with Crippen LogP contribution in [0.2, 0.25) is 0 Å². The normalized spacial score (nSPS) is 12.9. The molecule has 0 rings (SSSR count). The van der Waals surface area contributed by atoms with Gasteiger partial charge in [0, 0.05) is 12.8 Å². The molecule has 0 aliphatic heterocycles. The molecule has 0 saturated heterocycles. The zero-order valence-electron chi connectivity index (χ0n) is 29.9. The first kappa shape index (κ1) is 45.3. The molecule has 0 aromatic carbocycles. The Hall–Kier alpha value is -1.73. The van der Waals surface area contributed by atoms with Crippen LogP contribution in [0.4, 0.5) is 0 Å². The fraction of sp³-hybridized carbons (Fsp3) is 0.789. The third-order valence-corrected chi connectivity index (χ3v) is 8.37. The molecule has 0 aliphatic rings. The van der Waals surface area contributed by atoms with Crippen LogP contribution < -0.4 is 0 Å². The van der Waals surface area contributed by atoms with Crippen molar-refractivity contribution in [2.45, 2.75) is 180 Å². The van der Waals surface area contributed by atoms with E-state index in [1.807, 2.05) is 0 Å². The van der Waals surface area contributed by atoms with Crippen molar-refractivity contribution in [3.8, 4) is 0 Å². The van der Waals surface area contributed by atoms with Gasteiger partial charge in [0.1, 0.15) is 6.61 Å². The molecule has 0 bridgehead atoms. The summed E-state index contributed by atoms with van der Waals surface area (Å²) < 4.78 is 26.3. The number of esters is 2. The Balaban J connectivity index is 4.00. The van der Waals surface area contributed by atoms with E-state index >= 15 is 0 Å². The van der Waals surface area contributed by atoms with E-state index in [-0.39, 0.29) is 19.4 Å². The lowest BCUT2D eigenvalue weighted by molar-refractivity contribution is -0.161.